The second kappa shape index (κ2) is 13.1. The fraction of sp³-hybridized carbons (Fsp3) is 0.458. The minimum atomic E-state index is -0.0798. The van der Waals surface area contributed by atoms with Gasteiger partial charge in [-0.3, -0.25) is 4.79 Å². The Hall–Kier alpha value is -2.13. The van der Waals surface area contributed by atoms with Crippen molar-refractivity contribution in [3.05, 3.63) is 71.8 Å². The molecule has 0 bridgehead atoms. The minimum absolute atomic E-state index is 0.0497. The molecule has 0 aliphatic rings. The van der Waals surface area contributed by atoms with Crippen molar-refractivity contribution in [1.82, 2.24) is 4.90 Å². The van der Waals surface area contributed by atoms with Crippen molar-refractivity contribution < 1.29 is 9.53 Å². The van der Waals surface area contributed by atoms with Crippen LogP contribution in [0.1, 0.15) is 50.7 Å². The van der Waals surface area contributed by atoms with E-state index in [1.807, 2.05) is 44.2 Å². The summed E-state index contributed by atoms with van der Waals surface area (Å²) in [7, 11) is 4.22. The number of nitrogens with zero attached hydrogens (tertiary/aromatic N) is 1. The van der Waals surface area contributed by atoms with Gasteiger partial charge >= 0.3 is 5.97 Å². The van der Waals surface area contributed by atoms with E-state index < -0.39 is 0 Å². The summed E-state index contributed by atoms with van der Waals surface area (Å²) in [6.07, 6.45) is 1.70. The SMILES string of the molecule is CC(CN(C)C)c1ccccc1.CCC(CC)C(=O)OCc1ccccc1. The number of hydrogen-bond donors (Lipinski definition) is 0. The highest BCUT2D eigenvalue weighted by atomic mass is 16.5. The van der Waals surface area contributed by atoms with Crippen molar-refractivity contribution in [2.45, 2.75) is 46.1 Å². The quantitative estimate of drug-likeness (QED) is 0.574. The third kappa shape index (κ3) is 9.39. The molecule has 3 nitrogen and oxygen atoms in total. The van der Waals surface area contributed by atoms with Crippen LogP contribution in [0.4, 0.5) is 0 Å². The van der Waals surface area contributed by atoms with Crippen molar-refractivity contribution >= 4 is 5.97 Å². The van der Waals surface area contributed by atoms with E-state index in [-0.39, 0.29) is 11.9 Å². The lowest BCUT2D eigenvalue weighted by Crippen LogP contribution is -2.18. The third-order valence-electron chi connectivity index (χ3n) is 4.55. The maximum atomic E-state index is 11.6. The summed E-state index contributed by atoms with van der Waals surface area (Å²) in [4.78, 5) is 13.8. The van der Waals surface area contributed by atoms with E-state index in [4.69, 9.17) is 4.74 Å². The Balaban J connectivity index is 0.000000277. The normalized spacial score (nSPS) is 11.7. The van der Waals surface area contributed by atoms with Gasteiger partial charge in [-0.05, 0) is 44.0 Å². The Morgan fingerprint density at radius 1 is 0.926 bits per heavy atom. The van der Waals surface area contributed by atoms with Crippen LogP contribution in [-0.2, 0) is 16.1 Å². The van der Waals surface area contributed by atoms with Gasteiger partial charge < -0.3 is 9.64 Å². The van der Waals surface area contributed by atoms with Crippen molar-refractivity contribution in [2.24, 2.45) is 5.92 Å². The average molecular weight is 370 g/mol. The Morgan fingerprint density at radius 3 is 1.93 bits per heavy atom. The molecule has 0 saturated carbocycles. The second-order valence-corrected chi connectivity index (χ2v) is 7.18. The number of esters is 1. The van der Waals surface area contributed by atoms with Gasteiger partial charge in [0.25, 0.3) is 0 Å². The summed E-state index contributed by atoms with van der Waals surface area (Å²) in [6.45, 7) is 7.78. The van der Waals surface area contributed by atoms with Crippen molar-refractivity contribution in [3.63, 3.8) is 0 Å². The molecule has 0 spiro atoms. The molecule has 1 unspecified atom stereocenters. The molecule has 0 aliphatic carbocycles. The molecule has 0 aliphatic heterocycles. The summed E-state index contributed by atoms with van der Waals surface area (Å²) < 4.78 is 5.23. The van der Waals surface area contributed by atoms with E-state index in [0.717, 1.165) is 24.9 Å². The first-order chi connectivity index (χ1) is 13.0. The number of carbonyl (C=O) groups excluding carboxylic acids is 1. The van der Waals surface area contributed by atoms with Crippen LogP contribution in [0.2, 0.25) is 0 Å². The number of rotatable bonds is 8. The molecule has 0 radical (unpaired) electrons. The minimum Gasteiger partial charge on any atom is -0.461 e. The van der Waals surface area contributed by atoms with Crippen LogP contribution in [0, 0.1) is 5.92 Å². The molecule has 2 aromatic rings. The van der Waals surface area contributed by atoms with E-state index in [9.17, 15) is 4.79 Å². The average Bonchev–Trinajstić information content (AvgIpc) is 2.69. The first kappa shape index (κ1) is 22.9. The zero-order valence-electron chi connectivity index (χ0n) is 17.5. The molecular formula is C24H35NO2. The predicted molar refractivity (Wildman–Crippen MR) is 114 cm³/mol. The monoisotopic (exact) mass is 369 g/mol. The summed E-state index contributed by atoms with van der Waals surface area (Å²) in [6, 6.07) is 20.4. The van der Waals surface area contributed by atoms with Gasteiger partial charge in [0.15, 0.2) is 0 Å². The highest BCUT2D eigenvalue weighted by Gasteiger charge is 2.15. The summed E-state index contributed by atoms with van der Waals surface area (Å²) >= 11 is 0. The highest BCUT2D eigenvalue weighted by Crippen LogP contribution is 2.14. The molecule has 0 fully saturated rings. The van der Waals surface area contributed by atoms with Crippen molar-refractivity contribution in [1.29, 1.82) is 0 Å². The zero-order chi connectivity index (χ0) is 20.1. The lowest BCUT2D eigenvalue weighted by Gasteiger charge is -2.16. The van der Waals surface area contributed by atoms with Gasteiger partial charge in [-0.2, -0.15) is 0 Å². The van der Waals surface area contributed by atoms with E-state index in [2.05, 4.69) is 56.3 Å². The van der Waals surface area contributed by atoms with Crippen molar-refractivity contribution in [3.8, 4) is 0 Å². The van der Waals surface area contributed by atoms with Crippen LogP contribution in [0.25, 0.3) is 0 Å². The Kier molecular flexibility index (Phi) is 11.1. The summed E-state index contributed by atoms with van der Waals surface area (Å²) in [5.41, 5.74) is 2.46. The number of benzene rings is 2. The van der Waals surface area contributed by atoms with E-state index in [1.165, 1.54) is 5.56 Å². The van der Waals surface area contributed by atoms with Crippen molar-refractivity contribution in [2.75, 3.05) is 20.6 Å². The van der Waals surface area contributed by atoms with Crippen LogP contribution in [0.15, 0.2) is 60.7 Å². The number of carbonyl (C=O) groups is 1. The molecule has 2 aromatic carbocycles. The van der Waals surface area contributed by atoms with Crippen LogP contribution >= 0.6 is 0 Å². The fourth-order valence-electron chi connectivity index (χ4n) is 2.90. The number of likely N-dealkylation sites (N-methyl/N-ethyl adjacent to an activating group) is 1. The molecule has 0 saturated heterocycles. The third-order valence-corrected chi connectivity index (χ3v) is 4.55. The first-order valence-corrected chi connectivity index (χ1v) is 9.88. The number of ether oxygens (including phenoxy) is 1. The molecule has 3 heteroatoms. The van der Waals surface area contributed by atoms with E-state index in [0.29, 0.717) is 12.5 Å². The molecule has 27 heavy (non-hydrogen) atoms. The lowest BCUT2D eigenvalue weighted by atomic mass is 10.0. The number of hydrogen-bond acceptors (Lipinski definition) is 3. The molecule has 148 valence electrons. The highest BCUT2D eigenvalue weighted by molar-refractivity contribution is 5.72. The molecule has 0 amide bonds. The zero-order valence-corrected chi connectivity index (χ0v) is 17.5. The Morgan fingerprint density at radius 2 is 1.44 bits per heavy atom. The van der Waals surface area contributed by atoms with Gasteiger partial charge in [0.2, 0.25) is 0 Å². The van der Waals surface area contributed by atoms with Gasteiger partial charge in [-0.25, -0.2) is 0 Å². The Bertz CT molecular complexity index is 621. The lowest BCUT2D eigenvalue weighted by molar-refractivity contribution is -0.150. The maximum absolute atomic E-state index is 11.6. The largest absolute Gasteiger partial charge is 0.461 e. The molecule has 2 rings (SSSR count). The molecular weight excluding hydrogens is 334 g/mol. The van der Waals surface area contributed by atoms with Gasteiger partial charge in [-0.15, -0.1) is 0 Å². The summed E-state index contributed by atoms with van der Waals surface area (Å²) in [5.74, 6) is 0.596. The second-order valence-electron chi connectivity index (χ2n) is 7.18. The Labute approximate surface area is 165 Å². The van der Waals surface area contributed by atoms with Gasteiger partial charge in [0, 0.05) is 6.54 Å². The van der Waals surface area contributed by atoms with Crippen LogP contribution in [0.5, 0.6) is 0 Å². The maximum Gasteiger partial charge on any atom is 0.309 e. The first-order valence-electron chi connectivity index (χ1n) is 9.88. The fourth-order valence-corrected chi connectivity index (χ4v) is 2.90. The van der Waals surface area contributed by atoms with Gasteiger partial charge in [0.05, 0.1) is 5.92 Å². The topological polar surface area (TPSA) is 29.5 Å². The van der Waals surface area contributed by atoms with Crippen LogP contribution in [-0.4, -0.2) is 31.5 Å². The van der Waals surface area contributed by atoms with Crippen LogP contribution < -0.4 is 0 Å². The standard InChI is InChI=1S/C13H18O2.C11H17N/c1-3-12(4-2)13(14)15-10-11-8-6-5-7-9-11;1-10(9-12(2)3)11-7-5-4-6-8-11/h5-9,12H,3-4,10H2,1-2H3;4-8,10H,9H2,1-3H3. The van der Waals surface area contributed by atoms with Gasteiger partial charge in [-0.1, -0.05) is 81.4 Å². The van der Waals surface area contributed by atoms with E-state index >= 15 is 0 Å². The summed E-state index contributed by atoms with van der Waals surface area (Å²) in [5, 5.41) is 0. The van der Waals surface area contributed by atoms with Crippen LogP contribution in [0.3, 0.4) is 0 Å². The molecule has 0 N–H and O–H groups in total. The molecule has 1 atom stereocenters. The molecule has 0 heterocycles. The smallest absolute Gasteiger partial charge is 0.309 e. The molecule has 0 aromatic heterocycles. The predicted octanol–water partition coefficient (Wildman–Crippen LogP) is 5.52. The van der Waals surface area contributed by atoms with E-state index in [1.54, 1.807) is 0 Å². The van der Waals surface area contributed by atoms with Gasteiger partial charge in [0.1, 0.15) is 6.61 Å².